The molecule has 10 nitrogen and oxygen atoms in total. The van der Waals surface area contributed by atoms with Crippen molar-refractivity contribution in [3.05, 3.63) is 88.4 Å². The highest BCUT2D eigenvalue weighted by molar-refractivity contribution is 6.08. The number of amides is 1. The molecule has 1 fully saturated rings. The molecule has 2 aromatic rings. The van der Waals surface area contributed by atoms with Gasteiger partial charge in [0.1, 0.15) is 11.5 Å². The van der Waals surface area contributed by atoms with Crippen LogP contribution in [0.2, 0.25) is 0 Å². The van der Waals surface area contributed by atoms with Crippen LogP contribution in [-0.4, -0.2) is 51.3 Å². The van der Waals surface area contributed by atoms with E-state index in [1.54, 1.807) is 54.6 Å². The van der Waals surface area contributed by atoms with E-state index in [9.17, 15) is 19.6 Å². The molecule has 1 amide bonds. The largest absolute Gasteiger partial charge is 0.466 e. The molecule has 196 valence electrons. The number of rotatable bonds is 7. The van der Waals surface area contributed by atoms with Gasteiger partial charge in [0.2, 0.25) is 0 Å². The van der Waals surface area contributed by atoms with Gasteiger partial charge < -0.3 is 25.3 Å². The zero-order valence-electron chi connectivity index (χ0n) is 21.1. The zero-order chi connectivity index (χ0) is 27.2. The molecule has 2 aliphatic rings. The van der Waals surface area contributed by atoms with Crippen LogP contribution in [0.25, 0.3) is 0 Å². The first-order chi connectivity index (χ1) is 18.4. The normalized spacial score (nSPS) is 19.1. The highest BCUT2D eigenvalue weighted by Gasteiger charge is 2.43. The van der Waals surface area contributed by atoms with Crippen LogP contribution >= 0.6 is 0 Å². The van der Waals surface area contributed by atoms with Gasteiger partial charge in [-0.05, 0) is 30.5 Å². The molecule has 2 heterocycles. The fourth-order valence-electron chi connectivity index (χ4n) is 4.73. The van der Waals surface area contributed by atoms with Crippen molar-refractivity contribution in [2.75, 3.05) is 32.3 Å². The molecule has 0 bridgehead atoms. The first-order valence-electron chi connectivity index (χ1n) is 12.1. The van der Waals surface area contributed by atoms with Gasteiger partial charge in [-0.3, -0.25) is 9.69 Å². The molecule has 0 saturated carbocycles. The third-order valence-corrected chi connectivity index (χ3v) is 6.51. The van der Waals surface area contributed by atoms with E-state index in [1.807, 2.05) is 0 Å². The summed E-state index contributed by atoms with van der Waals surface area (Å²) in [5.41, 5.74) is 7.11. The molecule has 2 unspecified atom stereocenters. The Bertz CT molecular complexity index is 1340. The maximum Gasteiger partial charge on any atom is 0.355 e. The SMILES string of the molecule is COC(=O)C1=C(C(=O)OC)N(c2ccccc2C(=O)NCC2CCCO2)C(N)=C(C#N)C1c1ccccc1. The lowest BCUT2D eigenvalue weighted by Crippen LogP contribution is -2.42. The fourth-order valence-corrected chi connectivity index (χ4v) is 4.73. The number of nitrogens with one attached hydrogen (secondary N) is 1. The van der Waals surface area contributed by atoms with Gasteiger partial charge in [-0.25, -0.2) is 9.59 Å². The molecule has 3 N–H and O–H groups in total. The lowest BCUT2D eigenvalue weighted by atomic mass is 9.80. The molecular formula is C28H28N4O6. The van der Waals surface area contributed by atoms with Crippen LogP contribution in [-0.2, 0) is 23.8 Å². The summed E-state index contributed by atoms with van der Waals surface area (Å²) in [5.74, 6) is -3.28. The molecule has 2 aromatic carbocycles. The van der Waals surface area contributed by atoms with Crippen molar-refractivity contribution in [1.82, 2.24) is 5.32 Å². The Hall–Kier alpha value is -4.62. The number of nitriles is 1. The molecule has 1 saturated heterocycles. The van der Waals surface area contributed by atoms with E-state index < -0.39 is 23.8 Å². The first kappa shape index (κ1) is 26.4. The minimum Gasteiger partial charge on any atom is -0.466 e. The summed E-state index contributed by atoms with van der Waals surface area (Å²) in [4.78, 5) is 41.0. The van der Waals surface area contributed by atoms with Crippen molar-refractivity contribution in [2.24, 2.45) is 5.73 Å². The molecular weight excluding hydrogens is 488 g/mol. The summed E-state index contributed by atoms with van der Waals surface area (Å²) >= 11 is 0. The number of nitrogens with zero attached hydrogens (tertiary/aromatic N) is 2. The summed E-state index contributed by atoms with van der Waals surface area (Å²) in [6.07, 6.45) is 1.68. The summed E-state index contributed by atoms with van der Waals surface area (Å²) in [7, 11) is 2.34. The predicted octanol–water partition coefficient (Wildman–Crippen LogP) is 2.49. The second-order valence-electron chi connectivity index (χ2n) is 8.70. The molecule has 2 atom stereocenters. The van der Waals surface area contributed by atoms with Gasteiger partial charge in [0.15, 0.2) is 0 Å². The number of benzene rings is 2. The number of carbonyl (C=O) groups is 3. The summed E-state index contributed by atoms with van der Waals surface area (Å²) < 4.78 is 15.7. The lowest BCUT2D eigenvalue weighted by Gasteiger charge is -2.36. The highest BCUT2D eigenvalue weighted by atomic mass is 16.5. The van der Waals surface area contributed by atoms with E-state index in [0.29, 0.717) is 18.7 Å². The molecule has 2 aliphatic heterocycles. The minimum absolute atomic E-state index is 0.0128. The topological polar surface area (TPSA) is 144 Å². The average molecular weight is 517 g/mol. The Morgan fingerprint density at radius 1 is 1.08 bits per heavy atom. The summed E-state index contributed by atoms with van der Waals surface area (Å²) in [6, 6.07) is 17.3. The second kappa shape index (κ2) is 11.6. The van der Waals surface area contributed by atoms with Crippen molar-refractivity contribution >= 4 is 23.5 Å². The Kier molecular flexibility index (Phi) is 8.09. The van der Waals surface area contributed by atoms with Gasteiger partial charge >= 0.3 is 11.9 Å². The van der Waals surface area contributed by atoms with Crippen LogP contribution in [0.5, 0.6) is 0 Å². The summed E-state index contributed by atoms with van der Waals surface area (Å²) in [6.45, 7) is 0.959. The molecule has 0 spiro atoms. The van der Waals surface area contributed by atoms with Crippen LogP contribution in [0.3, 0.4) is 0 Å². The van der Waals surface area contributed by atoms with Crippen LogP contribution in [0.4, 0.5) is 5.69 Å². The monoisotopic (exact) mass is 516 g/mol. The van der Waals surface area contributed by atoms with Gasteiger partial charge in [0.05, 0.1) is 54.7 Å². The van der Waals surface area contributed by atoms with E-state index in [2.05, 4.69) is 11.4 Å². The number of hydrogen-bond acceptors (Lipinski definition) is 9. The standard InChI is InChI=1S/C28H28N4O6/c1-36-27(34)23-22(17-9-4-3-5-10-17)20(15-29)25(30)32(24(23)28(35)37-2)21-13-7-6-12-19(21)26(33)31-16-18-11-8-14-38-18/h3-7,9-10,12-13,18,22H,8,11,14,16,30H2,1-2H3,(H,31,33). The smallest absolute Gasteiger partial charge is 0.355 e. The van der Waals surface area contributed by atoms with E-state index in [0.717, 1.165) is 12.8 Å². The van der Waals surface area contributed by atoms with Crippen LogP contribution in [0.15, 0.2) is 77.3 Å². The number of esters is 2. The number of allylic oxidation sites excluding steroid dienone is 1. The van der Waals surface area contributed by atoms with Gasteiger partial charge in [-0.2, -0.15) is 5.26 Å². The van der Waals surface area contributed by atoms with Crippen molar-refractivity contribution in [3.63, 3.8) is 0 Å². The third kappa shape index (κ3) is 4.96. The quantitative estimate of drug-likeness (QED) is 0.530. The van der Waals surface area contributed by atoms with Crippen LogP contribution in [0.1, 0.15) is 34.7 Å². The van der Waals surface area contributed by atoms with Gasteiger partial charge in [0.25, 0.3) is 5.91 Å². The van der Waals surface area contributed by atoms with Crippen molar-refractivity contribution in [1.29, 1.82) is 5.26 Å². The zero-order valence-corrected chi connectivity index (χ0v) is 21.1. The first-order valence-corrected chi connectivity index (χ1v) is 12.1. The lowest BCUT2D eigenvalue weighted by molar-refractivity contribution is -0.139. The maximum atomic E-state index is 13.3. The number of nitrogens with two attached hydrogens (primary N) is 1. The molecule has 10 heteroatoms. The summed E-state index contributed by atoms with van der Waals surface area (Å²) in [5, 5.41) is 13.1. The molecule has 0 aliphatic carbocycles. The Morgan fingerprint density at radius 2 is 1.76 bits per heavy atom. The Balaban J connectivity index is 1.91. The molecule has 0 radical (unpaired) electrons. The number of carbonyl (C=O) groups excluding carboxylic acids is 3. The second-order valence-corrected chi connectivity index (χ2v) is 8.70. The number of ether oxygens (including phenoxy) is 3. The van der Waals surface area contributed by atoms with Crippen LogP contribution < -0.4 is 16.0 Å². The number of para-hydroxylation sites is 1. The molecule has 4 rings (SSSR count). The van der Waals surface area contributed by atoms with Gasteiger partial charge in [0, 0.05) is 13.2 Å². The highest BCUT2D eigenvalue weighted by Crippen LogP contribution is 2.43. The van der Waals surface area contributed by atoms with E-state index in [4.69, 9.17) is 19.9 Å². The average Bonchev–Trinajstić information content (AvgIpc) is 3.48. The Morgan fingerprint density at radius 3 is 2.39 bits per heavy atom. The van der Waals surface area contributed by atoms with Gasteiger partial charge in [-0.15, -0.1) is 0 Å². The van der Waals surface area contributed by atoms with E-state index in [-0.39, 0.29) is 40.0 Å². The maximum absolute atomic E-state index is 13.3. The third-order valence-electron chi connectivity index (χ3n) is 6.51. The Labute approximate surface area is 220 Å². The van der Waals surface area contributed by atoms with Crippen LogP contribution in [0, 0.1) is 11.3 Å². The fraction of sp³-hybridized carbons (Fsp3) is 0.286. The van der Waals surface area contributed by atoms with E-state index in [1.165, 1.54) is 19.1 Å². The van der Waals surface area contributed by atoms with Crippen molar-refractivity contribution in [2.45, 2.75) is 24.9 Å². The van der Waals surface area contributed by atoms with Gasteiger partial charge in [-0.1, -0.05) is 42.5 Å². The molecule has 38 heavy (non-hydrogen) atoms. The predicted molar refractivity (Wildman–Crippen MR) is 137 cm³/mol. The molecule has 0 aromatic heterocycles. The van der Waals surface area contributed by atoms with Crippen molar-refractivity contribution in [3.8, 4) is 6.07 Å². The number of anilines is 1. The number of methoxy groups -OCH3 is 2. The minimum atomic E-state index is -1.00. The van der Waals surface area contributed by atoms with Crippen molar-refractivity contribution < 1.29 is 28.6 Å². The number of hydrogen-bond donors (Lipinski definition) is 2. The van der Waals surface area contributed by atoms with E-state index >= 15 is 0 Å².